The Kier molecular flexibility index (Phi) is 3.31. The number of benzene rings is 1. The van der Waals surface area contributed by atoms with E-state index in [4.69, 9.17) is 5.73 Å². The Bertz CT molecular complexity index is 587. The lowest BCUT2D eigenvalue weighted by atomic mass is 10.2. The van der Waals surface area contributed by atoms with Crippen molar-refractivity contribution in [2.75, 3.05) is 18.9 Å². The van der Waals surface area contributed by atoms with Crippen LogP contribution < -0.4 is 5.73 Å². The van der Waals surface area contributed by atoms with Crippen molar-refractivity contribution >= 4 is 16.7 Å². The van der Waals surface area contributed by atoms with Gasteiger partial charge in [-0.15, -0.1) is 0 Å². The first-order valence-corrected chi connectivity index (χ1v) is 6.64. The molecule has 0 amide bonds. The lowest BCUT2D eigenvalue weighted by Crippen LogP contribution is -2.32. The van der Waals surface area contributed by atoms with Crippen molar-refractivity contribution in [1.29, 1.82) is 0 Å². The van der Waals surface area contributed by atoms with Gasteiger partial charge in [-0.25, -0.2) is 9.97 Å². The van der Waals surface area contributed by atoms with Crippen molar-refractivity contribution in [3.63, 3.8) is 0 Å². The topological polar surface area (TPSA) is 75.3 Å². The van der Waals surface area contributed by atoms with Gasteiger partial charge < -0.3 is 10.8 Å². The van der Waals surface area contributed by atoms with Crippen LogP contribution in [0.4, 0.5) is 5.82 Å². The first-order valence-electron chi connectivity index (χ1n) is 6.64. The Morgan fingerprint density at radius 1 is 1.32 bits per heavy atom. The number of nitrogen functional groups attached to an aromatic ring is 1. The smallest absolute Gasteiger partial charge is 0.145 e. The number of aromatic nitrogens is 2. The summed E-state index contributed by atoms with van der Waals surface area (Å²) in [6, 6.07) is 8.00. The summed E-state index contributed by atoms with van der Waals surface area (Å²) in [4.78, 5) is 11.2. The number of hydrogen-bond donors (Lipinski definition) is 2. The fourth-order valence-corrected chi connectivity index (χ4v) is 2.71. The molecule has 1 aromatic carbocycles. The summed E-state index contributed by atoms with van der Waals surface area (Å²) in [6.07, 6.45) is 2.16. The van der Waals surface area contributed by atoms with Gasteiger partial charge in [0, 0.05) is 11.4 Å². The van der Waals surface area contributed by atoms with Crippen LogP contribution in [0.5, 0.6) is 0 Å². The normalized spacial score (nSPS) is 20.2. The van der Waals surface area contributed by atoms with E-state index in [0.29, 0.717) is 12.4 Å². The molecular formula is C14H18N4O. The first-order chi connectivity index (χ1) is 9.28. The number of rotatable bonds is 3. The zero-order chi connectivity index (χ0) is 13.2. The lowest BCUT2D eigenvalue weighted by Gasteiger charge is -2.21. The average molecular weight is 258 g/mol. The molecule has 5 heteroatoms. The Balaban J connectivity index is 1.89. The van der Waals surface area contributed by atoms with Gasteiger partial charge in [-0.1, -0.05) is 12.1 Å². The molecular weight excluding hydrogens is 240 g/mol. The highest BCUT2D eigenvalue weighted by Crippen LogP contribution is 2.21. The van der Waals surface area contributed by atoms with E-state index in [1.54, 1.807) is 0 Å². The number of fused-ring (bicyclic) bond motifs is 1. The largest absolute Gasteiger partial charge is 0.395 e. The SMILES string of the molecule is Nc1nc(CN2CCC[C@H]2CO)nc2ccccc12. The van der Waals surface area contributed by atoms with E-state index in [9.17, 15) is 5.11 Å². The predicted octanol–water partition coefficient (Wildman–Crippen LogP) is 1.17. The summed E-state index contributed by atoms with van der Waals surface area (Å²) in [5, 5.41) is 10.2. The second-order valence-corrected chi connectivity index (χ2v) is 4.99. The number of likely N-dealkylation sites (tertiary alicyclic amines) is 1. The highest BCUT2D eigenvalue weighted by molar-refractivity contribution is 5.87. The lowest BCUT2D eigenvalue weighted by molar-refractivity contribution is 0.151. The van der Waals surface area contributed by atoms with Crippen LogP contribution in [0.3, 0.4) is 0 Å². The maximum atomic E-state index is 9.33. The third-order valence-electron chi connectivity index (χ3n) is 3.73. The molecule has 19 heavy (non-hydrogen) atoms. The van der Waals surface area contributed by atoms with E-state index in [1.165, 1.54) is 0 Å². The van der Waals surface area contributed by atoms with Crippen molar-refractivity contribution in [3.05, 3.63) is 30.1 Å². The molecule has 0 aliphatic carbocycles. The van der Waals surface area contributed by atoms with Gasteiger partial charge in [-0.2, -0.15) is 0 Å². The van der Waals surface area contributed by atoms with Crippen LogP contribution >= 0.6 is 0 Å². The fourth-order valence-electron chi connectivity index (χ4n) is 2.71. The highest BCUT2D eigenvalue weighted by Gasteiger charge is 2.24. The second-order valence-electron chi connectivity index (χ2n) is 4.99. The molecule has 0 bridgehead atoms. The zero-order valence-corrected chi connectivity index (χ0v) is 10.8. The van der Waals surface area contributed by atoms with Crippen LogP contribution in [0, 0.1) is 0 Å². The van der Waals surface area contributed by atoms with E-state index in [-0.39, 0.29) is 12.6 Å². The van der Waals surface area contributed by atoms with E-state index < -0.39 is 0 Å². The molecule has 1 atom stereocenters. The number of aliphatic hydroxyl groups is 1. The van der Waals surface area contributed by atoms with Crippen LogP contribution in [-0.2, 0) is 6.54 Å². The molecule has 1 aromatic heterocycles. The van der Waals surface area contributed by atoms with Crippen molar-refractivity contribution in [1.82, 2.24) is 14.9 Å². The van der Waals surface area contributed by atoms with Gasteiger partial charge in [0.2, 0.25) is 0 Å². The predicted molar refractivity (Wildman–Crippen MR) is 74.5 cm³/mol. The average Bonchev–Trinajstić information content (AvgIpc) is 2.86. The number of anilines is 1. The Morgan fingerprint density at radius 2 is 2.16 bits per heavy atom. The van der Waals surface area contributed by atoms with Crippen molar-refractivity contribution < 1.29 is 5.11 Å². The second kappa shape index (κ2) is 5.11. The Labute approximate surface area is 112 Å². The number of aliphatic hydroxyl groups excluding tert-OH is 1. The zero-order valence-electron chi connectivity index (χ0n) is 10.8. The summed E-state index contributed by atoms with van der Waals surface area (Å²) in [6.45, 7) is 1.84. The molecule has 1 fully saturated rings. The van der Waals surface area contributed by atoms with Crippen molar-refractivity contribution in [3.8, 4) is 0 Å². The number of para-hydroxylation sites is 1. The molecule has 1 aliphatic heterocycles. The molecule has 0 spiro atoms. The maximum absolute atomic E-state index is 9.33. The summed E-state index contributed by atoms with van der Waals surface area (Å²) in [7, 11) is 0. The molecule has 3 rings (SSSR count). The third-order valence-corrected chi connectivity index (χ3v) is 3.73. The van der Waals surface area contributed by atoms with Gasteiger partial charge in [0.15, 0.2) is 0 Å². The van der Waals surface area contributed by atoms with E-state index in [1.807, 2.05) is 24.3 Å². The number of hydrogen-bond acceptors (Lipinski definition) is 5. The van der Waals surface area contributed by atoms with Crippen LogP contribution in [0.15, 0.2) is 24.3 Å². The van der Waals surface area contributed by atoms with Gasteiger partial charge in [0.25, 0.3) is 0 Å². The van der Waals surface area contributed by atoms with E-state index in [0.717, 1.165) is 36.1 Å². The molecule has 2 aromatic rings. The molecule has 0 saturated carbocycles. The molecule has 100 valence electrons. The summed E-state index contributed by atoms with van der Waals surface area (Å²) < 4.78 is 0. The molecule has 0 unspecified atom stereocenters. The maximum Gasteiger partial charge on any atom is 0.145 e. The fraction of sp³-hybridized carbons (Fsp3) is 0.429. The molecule has 3 N–H and O–H groups in total. The van der Waals surface area contributed by atoms with Crippen LogP contribution in [0.1, 0.15) is 18.7 Å². The summed E-state index contributed by atoms with van der Waals surface area (Å²) >= 11 is 0. The number of nitrogens with zero attached hydrogens (tertiary/aromatic N) is 3. The Morgan fingerprint density at radius 3 is 3.00 bits per heavy atom. The molecule has 0 radical (unpaired) electrons. The van der Waals surface area contributed by atoms with Gasteiger partial charge in [0.05, 0.1) is 18.7 Å². The summed E-state index contributed by atoms with van der Waals surface area (Å²) in [5.41, 5.74) is 6.86. The first kappa shape index (κ1) is 12.3. The van der Waals surface area contributed by atoms with Crippen LogP contribution in [-0.4, -0.2) is 39.2 Å². The van der Waals surface area contributed by atoms with Gasteiger partial charge in [0.1, 0.15) is 11.6 Å². The number of nitrogens with two attached hydrogens (primary N) is 1. The minimum absolute atomic E-state index is 0.197. The summed E-state index contributed by atoms with van der Waals surface area (Å²) in [5.74, 6) is 1.26. The van der Waals surface area contributed by atoms with Crippen molar-refractivity contribution in [2.24, 2.45) is 0 Å². The quantitative estimate of drug-likeness (QED) is 0.864. The van der Waals surface area contributed by atoms with Gasteiger partial charge >= 0.3 is 0 Å². The molecule has 5 nitrogen and oxygen atoms in total. The molecule has 1 aliphatic rings. The van der Waals surface area contributed by atoms with Crippen LogP contribution in [0.2, 0.25) is 0 Å². The third kappa shape index (κ3) is 2.39. The monoisotopic (exact) mass is 258 g/mol. The minimum atomic E-state index is 0.197. The van der Waals surface area contributed by atoms with Crippen LogP contribution in [0.25, 0.3) is 10.9 Å². The van der Waals surface area contributed by atoms with Gasteiger partial charge in [-0.05, 0) is 31.5 Å². The van der Waals surface area contributed by atoms with E-state index in [2.05, 4.69) is 14.9 Å². The molecule has 1 saturated heterocycles. The highest BCUT2D eigenvalue weighted by atomic mass is 16.3. The standard InChI is InChI=1S/C14H18N4O/c15-14-11-5-1-2-6-12(11)16-13(17-14)8-18-7-3-4-10(18)9-19/h1-2,5-6,10,19H,3-4,7-9H2,(H2,15,16,17)/t10-/m0/s1. The van der Waals surface area contributed by atoms with E-state index >= 15 is 0 Å². The minimum Gasteiger partial charge on any atom is -0.395 e. The van der Waals surface area contributed by atoms with Crippen molar-refractivity contribution in [2.45, 2.75) is 25.4 Å². The molecule has 2 heterocycles. The van der Waals surface area contributed by atoms with Gasteiger partial charge in [-0.3, -0.25) is 4.90 Å². The Hall–Kier alpha value is -1.72.